The summed E-state index contributed by atoms with van der Waals surface area (Å²) in [6.07, 6.45) is 1.25. The van der Waals surface area contributed by atoms with Crippen LogP contribution in [0.5, 0.6) is 0 Å². The number of carbonyl (C=O) groups excluding carboxylic acids is 1. The Kier molecular flexibility index (Phi) is 4.58. The predicted octanol–water partition coefficient (Wildman–Crippen LogP) is 1.46. The van der Waals surface area contributed by atoms with Gasteiger partial charge < -0.3 is 15.8 Å². The molecule has 1 fully saturated rings. The summed E-state index contributed by atoms with van der Waals surface area (Å²) in [5.74, 6) is -0.0778. The van der Waals surface area contributed by atoms with Gasteiger partial charge in [0.25, 0.3) is 0 Å². The third kappa shape index (κ3) is 3.45. The minimum Gasteiger partial charge on any atom is -0.364 e. The van der Waals surface area contributed by atoms with Crippen molar-refractivity contribution in [3.05, 3.63) is 34.9 Å². The summed E-state index contributed by atoms with van der Waals surface area (Å²) in [4.78, 5) is 11.9. The number of hydrogen-bond acceptors (Lipinski definition) is 3. The SMILES string of the molecule is NC[C@H]1CC[C@@H](C(=O)NCc2cccc(Cl)c2)O1. The van der Waals surface area contributed by atoms with Crippen molar-refractivity contribution in [2.45, 2.75) is 31.6 Å². The molecular formula is C13H17ClN2O2. The lowest BCUT2D eigenvalue weighted by Gasteiger charge is -2.12. The van der Waals surface area contributed by atoms with Gasteiger partial charge in [-0.2, -0.15) is 0 Å². The highest BCUT2D eigenvalue weighted by molar-refractivity contribution is 6.30. The molecular weight excluding hydrogens is 252 g/mol. The molecule has 4 nitrogen and oxygen atoms in total. The maximum absolute atomic E-state index is 11.9. The van der Waals surface area contributed by atoms with Crippen molar-refractivity contribution in [1.82, 2.24) is 5.32 Å². The summed E-state index contributed by atoms with van der Waals surface area (Å²) < 4.78 is 5.52. The lowest BCUT2D eigenvalue weighted by atomic mass is 10.2. The number of rotatable bonds is 4. The van der Waals surface area contributed by atoms with Crippen molar-refractivity contribution in [3.63, 3.8) is 0 Å². The van der Waals surface area contributed by atoms with Crippen molar-refractivity contribution in [3.8, 4) is 0 Å². The highest BCUT2D eigenvalue weighted by Gasteiger charge is 2.29. The Morgan fingerprint density at radius 3 is 3.00 bits per heavy atom. The lowest BCUT2D eigenvalue weighted by Crippen LogP contribution is -2.35. The van der Waals surface area contributed by atoms with E-state index in [9.17, 15) is 4.79 Å². The predicted molar refractivity (Wildman–Crippen MR) is 70.2 cm³/mol. The first-order valence-corrected chi connectivity index (χ1v) is 6.44. The molecule has 0 radical (unpaired) electrons. The molecule has 0 unspecified atom stereocenters. The largest absolute Gasteiger partial charge is 0.364 e. The average molecular weight is 269 g/mol. The van der Waals surface area contributed by atoms with Crippen LogP contribution in [0.2, 0.25) is 5.02 Å². The second-order valence-corrected chi connectivity index (χ2v) is 4.84. The molecule has 2 atom stereocenters. The molecule has 1 aliphatic heterocycles. The van der Waals surface area contributed by atoms with Crippen molar-refractivity contribution < 1.29 is 9.53 Å². The van der Waals surface area contributed by atoms with E-state index in [2.05, 4.69) is 5.32 Å². The molecule has 5 heteroatoms. The highest BCUT2D eigenvalue weighted by Crippen LogP contribution is 2.19. The van der Waals surface area contributed by atoms with Gasteiger partial charge in [-0.25, -0.2) is 0 Å². The van der Waals surface area contributed by atoms with E-state index in [0.717, 1.165) is 18.4 Å². The monoisotopic (exact) mass is 268 g/mol. The summed E-state index contributed by atoms with van der Waals surface area (Å²) in [5, 5.41) is 3.52. The molecule has 3 N–H and O–H groups in total. The Labute approximate surface area is 111 Å². The lowest BCUT2D eigenvalue weighted by molar-refractivity contribution is -0.132. The third-order valence-corrected chi connectivity index (χ3v) is 3.25. The summed E-state index contributed by atoms with van der Waals surface area (Å²) in [7, 11) is 0. The van der Waals surface area contributed by atoms with Crippen molar-refractivity contribution >= 4 is 17.5 Å². The van der Waals surface area contributed by atoms with Gasteiger partial charge in [0.05, 0.1) is 6.10 Å². The van der Waals surface area contributed by atoms with Gasteiger partial charge >= 0.3 is 0 Å². The van der Waals surface area contributed by atoms with Crippen molar-refractivity contribution in [2.75, 3.05) is 6.54 Å². The van der Waals surface area contributed by atoms with Gasteiger partial charge in [0.2, 0.25) is 5.91 Å². The van der Waals surface area contributed by atoms with Crippen LogP contribution in [0.15, 0.2) is 24.3 Å². The molecule has 2 rings (SSSR count). The highest BCUT2D eigenvalue weighted by atomic mass is 35.5. The van der Waals surface area contributed by atoms with E-state index in [-0.39, 0.29) is 18.1 Å². The fourth-order valence-corrected chi connectivity index (χ4v) is 2.23. The number of nitrogens with two attached hydrogens (primary N) is 1. The van der Waals surface area contributed by atoms with Gasteiger partial charge in [0.15, 0.2) is 0 Å². The van der Waals surface area contributed by atoms with Crippen LogP contribution in [0.3, 0.4) is 0 Å². The van der Waals surface area contributed by atoms with Crippen LogP contribution >= 0.6 is 11.6 Å². The first-order valence-electron chi connectivity index (χ1n) is 6.06. The minimum atomic E-state index is -0.363. The van der Waals surface area contributed by atoms with E-state index in [1.807, 2.05) is 18.2 Å². The third-order valence-electron chi connectivity index (χ3n) is 3.02. The second kappa shape index (κ2) is 6.18. The molecule has 0 spiro atoms. The van der Waals surface area contributed by atoms with Crippen LogP contribution in [0.25, 0.3) is 0 Å². The number of ether oxygens (including phenoxy) is 1. The second-order valence-electron chi connectivity index (χ2n) is 4.41. The number of amides is 1. The number of halogens is 1. The van der Waals surface area contributed by atoms with E-state index < -0.39 is 0 Å². The molecule has 1 heterocycles. The number of hydrogen-bond donors (Lipinski definition) is 2. The Morgan fingerprint density at radius 2 is 2.33 bits per heavy atom. The van der Waals surface area contributed by atoms with Gasteiger partial charge in [0, 0.05) is 18.1 Å². The molecule has 1 saturated heterocycles. The van der Waals surface area contributed by atoms with E-state index >= 15 is 0 Å². The summed E-state index contributed by atoms with van der Waals surface area (Å²) >= 11 is 5.87. The smallest absolute Gasteiger partial charge is 0.249 e. The number of nitrogens with one attached hydrogen (secondary N) is 1. The fourth-order valence-electron chi connectivity index (χ4n) is 2.02. The normalized spacial score (nSPS) is 23.0. The molecule has 1 aromatic rings. The first-order chi connectivity index (χ1) is 8.69. The average Bonchev–Trinajstić information content (AvgIpc) is 2.85. The number of benzene rings is 1. The zero-order chi connectivity index (χ0) is 13.0. The first kappa shape index (κ1) is 13.3. The summed E-state index contributed by atoms with van der Waals surface area (Å²) in [6, 6.07) is 7.42. The summed E-state index contributed by atoms with van der Waals surface area (Å²) in [6.45, 7) is 0.935. The van der Waals surface area contributed by atoms with Crippen molar-refractivity contribution in [2.24, 2.45) is 5.73 Å². The van der Waals surface area contributed by atoms with E-state index in [4.69, 9.17) is 22.1 Å². The van der Waals surface area contributed by atoms with E-state index in [0.29, 0.717) is 18.1 Å². The van der Waals surface area contributed by atoms with Gasteiger partial charge in [0.1, 0.15) is 6.10 Å². The van der Waals surface area contributed by atoms with Crippen LogP contribution in [0.1, 0.15) is 18.4 Å². The maximum atomic E-state index is 11.9. The zero-order valence-corrected chi connectivity index (χ0v) is 10.8. The molecule has 1 amide bonds. The summed E-state index contributed by atoms with van der Waals surface area (Å²) in [5.41, 5.74) is 6.48. The van der Waals surface area contributed by atoms with E-state index in [1.165, 1.54) is 0 Å². The Hall–Kier alpha value is -1.10. The van der Waals surface area contributed by atoms with Gasteiger partial charge in [-0.15, -0.1) is 0 Å². The Morgan fingerprint density at radius 1 is 1.50 bits per heavy atom. The van der Waals surface area contributed by atoms with Crippen LogP contribution in [-0.4, -0.2) is 24.7 Å². The molecule has 0 saturated carbocycles. The van der Waals surface area contributed by atoms with Gasteiger partial charge in [-0.1, -0.05) is 23.7 Å². The topological polar surface area (TPSA) is 64.4 Å². The molecule has 18 heavy (non-hydrogen) atoms. The van der Waals surface area contributed by atoms with Gasteiger partial charge in [-0.3, -0.25) is 4.79 Å². The van der Waals surface area contributed by atoms with Crippen LogP contribution in [0.4, 0.5) is 0 Å². The van der Waals surface area contributed by atoms with Crippen LogP contribution < -0.4 is 11.1 Å². The molecule has 1 aliphatic rings. The van der Waals surface area contributed by atoms with Crippen molar-refractivity contribution in [1.29, 1.82) is 0 Å². The quantitative estimate of drug-likeness (QED) is 0.869. The molecule has 0 aromatic heterocycles. The van der Waals surface area contributed by atoms with Crippen LogP contribution in [-0.2, 0) is 16.1 Å². The fraction of sp³-hybridized carbons (Fsp3) is 0.462. The maximum Gasteiger partial charge on any atom is 0.249 e. The Balaban J connectivity index is 1.82. The van der Waals surface area contributed by atoms with Gasteiger partial charge in [-0.05, 0) is 30.5 Å². The molecule has 0 aliphatic carbocycles. The molecule has 98 valence electrons. The zero-order valence-electron chi connectivity index (χ0n) is 10.1. The number of carbonyl (C=O) groups is 1. The standard InChI is InChI=1S/C13H17ClN2O2/c14-10-3-1-2-9(6-10)8-16-13(17)12-5-4-11(7-15)18-12/h1-3,6,11-12H,4-5,7-8,15H2,(H,16,17)/t11-,12+/m1/s1. The van der Waals surface area contributed by atoms with E-state index in [1.54, 1.807) is 6.07 Å². The Bertz CT molecular complexity index is 425. The minimum absolute atomic E-state index is 0.0203. The molecule has 1 aromatic carbocycles. The molecule has 0 bridgehead atoms. The van der Waals surface area contributed by atoms with Crippen LogP contribution in [0, 0.1) is 0 Å².